The largest absolute Gasteiger partial charge is 0.265 e. The van der Waals surface area contributed by atoms with Crippen LogP contribution in [0.3, 0.4) is 0 Å². The lowest BCUT2D eigenvalue weighted by Crippen LogP contribution is -2.05. The number of H-pyrrole nitrogens is 1. The van der Waals surface area contributed by atoms with E-state index in [-0.39, 0.29) is 13.0 Å². The van der Waals surface area contributed by atoms with Gasteiger partial charge < -0.3 is 0 Å². The van der Waals surface area contributed by atoms with E-state index in [1.807, 2.05) is 0 Å². The van der Waals surface area contributed by atoms with Crippen LogP contribution in [0, 0.1) is 10.1 Å². The molecule has 0 unspecified atom stereocenters. The molecule has 0 aromatic carbocycles. The van der Waals surface area contributed by atoms with Gasteiger partial charge in [-0.25, -0.2) is 0 Å². The second-order valence-electron chi connectivity index (χ2n) is 1.63. The highest BCUT2D eigenvalue weighted by atomic mass is 16.6. The number of tetrazole rings is 1. The third kappa shape index (κ3) is 1.77. The van der Waals surface area contributed by atoms with Crippen LogP contribution in [0.2, 0.25) is 0 Å². The summed E-state index contributed by atoms with van der Waals surface area (Å²) in [6.45, 7) is -0.153. The maximum absolute atomic E-state index is 9.81. The molecule has 0 saturated carbocycles. The Morgan fingerprint density at radius 3 is 3.00 bits per heavy atom. The van der Waals surface area contributed by atoms with Crippen molar-refractivity contribution in [1.29, 1.82) is 0 Å². The lowest BCUT2D eigenvalue weighted by Gasteiger charge is -1.85. The maximum atomic E-state index is 9.81. The Bertz CT molecular complexity index is 207. The van der Waals surface area contributed by atoms with Crippen LogP contribution in [0.4, 0.5) is 0 Å². The van der Waals surface area contributed by atoms with E-state index in [1.165, 1.54) is 0 Å². The fourth-order valence-corrected chi connectivity index (χ4v) is 0.480. The van der Waals surface area contributed by atoms with Gasteiger partial charge in [-0.2, -0.15) is 5.21 Å². The van der Waals surface area contributed by atoms with Crippen LogP contribution >= 0.6 is 0 Å². The molecule has 1 rings (SSSR count). The second kappa shape index (κ2) is 2.85. The molecule has 0 bridgehead atoms. The van der Waals surface area contributed by atoms with Gasteiger partial charge in [0.15, 0.2) is 5.82 Å². The molecule has 1 aromatic heterocycles. The van der Waals surface area contributed by atoms with Gasteiger partial charge in [0.1, 0.15) is 0 Å². The van der Waals surface area contributed by atoms with Gasteiger partial charge in [-0.05, 0) is 0 Å². The first-order valence-electron chi connectivity index (χ1n) is 2.63. The number of nitrogens with one attached hydrogen (secondary N) is 1. The number of nitro groups is 1. The van der Waals surface area contributed by atoms with Crippen molar-refractivity contribution in [3.05, 3.63) is 15.9 Å². The van der Waals surface area contributed by atoms with Crippen molar-refractivity contribution >= 4 is 0 Å². The second-order valence-corrected chi connectivity index (χ2v) is 1.63. The summed E-state index contributed by atoms with van der Waals surface area (Å²) in [5, 5.41) is 22.3. The van der Waals surface area contributed by atoms with Crippen LogP contribution in [-0.4, -0.2) is 32.1 Å². The predicted octanol–water partition coefficient (Wildman–Crippen LogP) is -0.981. The van der Waals surface area contributed by atoms with E-state index in [9.17, 15) is 10.1 Å². The molecule has 0 aliphatic heterocycles. The lowest BCUT2D eigenvalue weighted by molar-refractivity contribution is -0.479. The minimum atomic E-state index is -0.420. The Morgan fingerprint density at radius 2 is 2.50 bits per heavy atom. The summed E-state index contributed by atoms with van der Waals surface area (Å²) in [6, 6.07) is 0. The van der Waals surface area contributed by atoms with E-state index in [4.69, 9.17) is 0 Å². The Kier molecular flexibility index (Phi) is 1.88. The van der Waals surface area contributed by atoms with Gasteiger partial charge in [-0.1, -0.05) is 5.21 Å². The molecule has 10 heavy (non-hydrogen) atoms. The number of nitrogens with zero attached hydrogens (tertiary/aromatic N) is 4. The van der Waals surface area contributed by atoms with Crippen LogP contribution in [-0.2, 0) is 6.42 Å². The molecule has 1 N–H and O–H groups in total. The molecule has 0 radical (unpaired) electrons. The van der Waals surface area contributed by atoms with Crippen molar-refractivity contribution in [3.8, 4) is 0 Å². The third-order valence-corrected chi connectivity index (χ3v) is 0.907. The van der Waals surface area contributed by atoms with Gasteiger partial charge in [0.25, 0.3) is 0 Å². The van der Waals surface area contributed by atoms with E-state index in [1.54, 1.807) is 0 Å². The molecule has 0 spiro atoms. The van der Waals surface area contributed by atoms with Crippen molar-refractivity contribution in [3.63, 3.8) is 0 Å². The Labute approximate surface area is 55.6 Å². The quantitative estimate of drug-likeness (QED) is 0.433. The van der Waals surface area contributed by atoms with Crippen molar-refractivity contribution in [2.45, 2.75) is 6.42 Å². The molecule has 7 heteroatoms. The zero-order valence-electron chi connectivity index (χ0n) is 5.02. The summed E-state index contributed by atoms with van der Waals surface area (Å²) in [6.07, 6.45) is 0.226. The topological polar surface area (TPSA) is 97.6 Å². The zero-order valence-corrected chi connectivity index (χ0v) is 5.02. The third-order valence-electron chi connectivity index (χ3n) is 0.907. The molecule has 7 nitrogen and oxygen atoms in total. The molecule has 0 saturated heterocycles. The summed E-state index contributed by atoms with van der Waals surface area (Å²) in [5.74, 6) is 0.372. The maximum Gasteiger partial charge on any atom is 0.211 e. The van der Waals surface area contributed by atoms with Crippen LogP contribution in [0.25, 0.3) is 0 Å². The van der Waals surface area contributed by atoms with Gasteiger partial charge in [0, 0.05) is 4.92 Å². The van der Waals surface area contributed by atoms with Gasteiger partial charge in [0.2, 0.25) is 6.54 Å². The van der Waals surface area contributed by atoms with Crippen molar-refractivity contribution in [2.24, 2.45) is 0 Å². The lowest BCUT2D eigenvalue weighted by atomic mass is 10.4. The molecule has 0 fully saturated rings. The van der Waals surface area contributed by atoms with E-state index >= 15 is 0 Å². The zero-order chi connectivity index (χ0) is 7.40. The summed E-state index contributed by atoms with van der Waals surface area (Å²) >= 11 is 0. The monoisotopic (exact) mass is 143 g/mol. The summed E-state index contributed by atoms with van der Waals surface area (Å²) in [7, 11) is 0. The van der Waals surface area contributed by atoms with E-state index in [0.717, 1.165) is 0 Å². The highest BCUT2D eigenvalue weighted by molar-refractivity contribution is 4.74. The van der Waals surface area contributed by atoms with Crippen molar-refractivity contribution in [1.82, 2.24) is 20.6 Å². The predicted molar refractivity (Wildman–Crippen MR) is 29.7 cm³/mol. The fourth-order valence-electron chi connectivity index (χ4n) is 0.480. The van der Waals surface area contributed by atoms with Gasteiger partial charge >= 0.3 is 0 Å². The van der Waals surface area contributed by atoms with E-state index in [2.05, 4.69) is 20.6 Å². The number of hydrogen-bond donors (Lipinski definition) is 1. The van der Waals surface area contributed by atoms with Crippen LogP contribution in [0.15, 0.2) is 0 Å². The van der Waals surface area contributed by atoms with Crippen LogP contribution < -0.4 is 0 Å². The normalized spacial score (nSPS) is 9.60. The molecular weight excluding hydrogens is 138 g/mol. The van der Waals surface area contributed by atoms with Crippen LogP contribution in [0.5, 0.6) is 0 Å². The summed E-state index contributed by atoms with van der Waals surface area (Å²) < 4.78 is 0. The first kappa shape index (κ1) is 6.59. The number of rotatable bonds is 3. The highest BCUT2D eigenvalue weighted by Crippen LogP contribution is 1.84. The Morgan fingerprint density at radius 1 is 1.70 bits per heavy atom. The van der Waals surface area contributed by atoms with Gasteiger partial charge in [-0.15, -0.1) is 10.2 Å². The van der Waals surface area contributed by atoms with Crippen LogP contribution in [0.1, 0.15) is 5.82 Å². The standard InChI is InChI=1S/C3H5N5O2/c9-8(10)2-1-3-4-6-7-5-3/h1-2H2,(H,4,5,6,7). The minimum absolute atomic E-state index is 0.153. The number of aromatic amines is 1. The minimum Gasteiger partial charge on any atom is -0.265 e. The molecule has 0 aliphatic rings. The molecule has 0 amide bonds. The average Bonchev–Trinajstić information content (AvgIpc) is 2.34. The summed E-state index contributed by atoms with van der Waals surface area (Å²) in [5.41, 5.74) is 0. The number of hydrogen-bond acceptors (Lipinski definition) is 5. The number of aromatic nitrogens is 4. The molecule has 1 heterocycles. The molecule has 54 valence electrons. The van der Waals surface area contributed by atoms with Crippen molar-refractivity contribution < 1.29 is 4.92 Å². The Hall–Kier alpha value is -1.53. The smallest absolute Gasteiger partial charge is 0.211 e. The SMILES string of the molecule is O=[N+]([O-])CCc1nn[nH]n1. The van der Waals surface area contributed by atoms with E-state index < -0.39 is 4.92 Å². The summed E-state index contributed by atoms with van der Waals surface area (Å²) in [4.78, 5) is 9.39. The molecule has 0 aliphatic carbocycles. The van der Waals surface area contributed by atoms with Crippen molar-refractivity contribution in [2.75, 3.05) is 6.54 Å². The fraction of sp³-hybridized carbons (Fsp3) is 0.667. The first-order chi connectivity index (χ1) is 4.79. The molecular formula is C3H5N5O2. The highest BCUT2D eigenvalue weighted by Gasteiger charge is 2.02. The molecule has 0 atom stereocenters. The average molecular weight is 143 g/mol. The van der Waals surface area contributed by atoms with Gasteiger partial charge in [0.05, 0.1) is 6.42 Å². The van der Waals surface area contributed by atoms with Gasteiger partial charge in [-0.3, -0.25) is 10.1 Å². The van der Waals surface area contributed by atoms with E-state index in [0.29, 0.717) is 5.82 Å². The Balaban J connectivity index is 2.35. The molecule has 1 aromatic rings. The first-order valence-corrected chi connectivity index (χ1v) is 2.63.